The van der Waals surface area contributed by atoms with E-state index in [9.17, 15) is 4.79 Å². The van der Waals surface area contributed by atoms with Gasteiger partial charge in [0.15, 0.2) is 0 Å². The van der Waals surface area contributed by atoms with Gasteiger partial charge in [0.1, 0.15) is 0 Å². The maximum atomic E-state index is 11.6. The number of nitrogens with one attached hydrogen (secondary N) is 2. The number of hydrogen-bond acceptors (Lipinski definition) is 3. The van der Waals surface area contributed by atoms with E-state index in [-0.39, 0.29) is 5.91 Å². The van der Waals surface area contributed by atoms with Crippen molar-refractivity contribution in [1.29, 1.82) is 0 Å². The van der Waals surface area contributed by atoms with Crippen molar-refractivity contribution in [3.8, 4) is 0 Å². The number of benzene rings is 1. The van der Waals surface area contributed by atoms with Crippen LogP contribution in [0.2, 0.25) is 0 Å². The average molecular weight is 258 g/mol. The monoisotopic (exact) mass is 258 g/mol. The standard InChI is InChI=1S/C14H18N4O/c1-18-13(7-8-17-18)10-15-11-14(19)16-9-12-5-3-2-4-6-12/h2-8,15H,9-11H2,1H3,(H,16,19). The van der Waals surface area contributed by atoms with Gasteiger partial charge in [0.2, 0.25) is 5.91 Å². The van der Waals surface area contributed by atoms with Crippen molar-refractivity contribution >= 4 is 5.91 Å². The number of amides is 1. The van der Waals surface area contributed by atoms with Crippen LogP contribution in [0.1, 0.15) is 11.3 Å². The van der Waals surface area contributed by atoms with Crippen LogP contribution in [0, 0.1) is 0 Å². The number of nitrogens with zero attached hydrogens (tertiary/aromatic N) is 2. The van der Waals surface area contributed by atoms with E-state index < -0.39 is 0 Å². The molecular weight excluding hydrogens is 240 g/mol. The Balaban J connectivity index is 1.66. The van der Waals surface area contributed by atoms with Gasteiger partial charge in [0, 0.05) is 26.3 Å². The van der Waals surface area contributed by atoms with Crippen LogP contribution in [-0.2, 0) is 24.9 Å². The van der Waals surface area contributed by atoms with Crippen LogP contribution in [0.4, 0.5) is 0 Å². The van der Waals surface area contributed by atoms with Gasteiger partial charge >= 0.3 is 0 Å². The highest BCUT2D eigenvalue weighted by molar-refractivity contribution is 5.77. The lowest BCUT2D eigenvalue weighted by molar-refractivity contribution is -0.120. The lowest BCUT2D eigenvalue weighted by atomic mass is 10.2. The normalized spacial score (nSPS) is 10.4. The van der Waals surface area contributed by atoms with Crippen LogP contribution in [0.3, 0.4) is 0 Å². The Bertz CT molecular complexity index is 521. The fourth-order valence-corrected chi connectivity index (χ4v) is 1.74. The maximum Gasteiger partial charge on any atom is 0.234 e. The van der Waals surface area contributed by atoms with E-state index >= 15 is 0 Å². The quantitative estimate of drug-likeness (QED) is 0.806. The lowest BCUT2D eigenvalue weighted by Gasteiger charge is -2.07. The van der Waals surface area contributed by atoms with Gasteiger partial charge in [-0.05, 0) is 11.6 Å². The van der Waals surface area contributed by atoms with Crippen molar-refractivity contribution < 1.29 is 4.79 Å². The predicted molar refractivity (Wildman–Crippen MR) is 73.2 cm³/mol. The summed E-state index contributed by atoms with van der Waals surface area (Å²) in [7, 11) is 1.88. The molecule has 0 spiro atoms. The molecule has 0 aliphatic carbocycles. The summed E-state index contributed by atoms with van der Waals surface area (Å²) >= 11 is 0. The molecule has 0 bridgehead atoms. The molecule has 1 aromatic carbocycles. The molecule has 19 heavy (non-hydrogen) atoms. The largest absolute Gasteiger partial charge is 0.351 e. The summed E-state index contributed by atoms with van der Waals surface area (Å²) in [5, 5.41) is 10.0. The summed E-state index contributed by atoms with van der Waals surface area (Å²) in [6.07, 6.45) is 1.74. The summed E-state index contributed by atoms with van der Waals surface area (Å²) in [6.45, 7) is 1.50. The Kier molecular flexibility index (Phi) is 4.69. The summed E-state index contributed by atoms with van der Waals surface area (Å²) in [5.41, 5.74) is 2.15. The molecule has 100 valence electrons. The van der Waals surface area contributed by atoms with Crippen LogP contribution in [0.5, 0.6) is 0 Å². The zero-order chi connectivity index (χ0) is 13.5. The third-order valence-corrected chi connectivity index (χ3v) is 2.85. The molecule has 5 heteroatoms. The molecule has 0 fully saturated rings. The molecule has 0 unspecified atom stereocenters. The van der Waals surface area contributed by atoms with E-state index in [1.165, 1.54) is 0 Å². The first kappa shape index (κ1) is 13.3. The zero-order valence-corrected chi connectivity index (χ0v) is 11.0. The smallest absolute Gasteiger partial charge is 0.234 e. The Labute approximate surface area is 112 Å². The topological polar surface area (TPSA) is 59.0 Å². The van der Waals surface area contributed by atoms with E-state index in [2.05, 4.69) is 15.7 Å². The second-order valence-electron chi connectivity index (χ2n) is 4.31. The van der Waals surface area contributed by atoms with Crippen molar-refractivity contribution in [1.82, 2.24) is 20.4 Å². The fourth-order valence-electron chi connectivity index (χ4n) is 1.74. The molecule has 0 aliphatic heterocycles. The molecule has 0 radical (unpaired) electrons. The third-order valence-electron chi connectivity index (χ3n) is 2.85. The van der Waals surface area contributed by atoms with Crippen molar-refractivity contribution in [3.63, 3.8) is 0 Å². The highest BCUT2D eigenvalue weighted by Crippen LogP contribution is 1.97. The molecule has 0 saturated carbocycles. The van der Waals surface area contributed by atoms with Crippen LogP contribution < -0.4 is 10.6 Å². The predicted octanol–water partition coefficient (Wildman–Crippen LogP) is 0.826. The summed E-state index contributed by atoms with van der Waals surface area (Å²) in [4.78, 5) is 11.6. The Morgan fingerprint density at radius 1 is 1.21 bits per heavy atom. The number of hydrogen-bond donors (Lipinski definition) is 2. The van der Waals surface area contributed by atoms with E-state index in [1.807, 2.05) is 43.4 Å². The molecule has 5 nitrogen and oxygen atoms in total. The minimum atomic E-state index is -0.00831. The first-order valence-electron chi connectivity index (χ1n) is 6.24. The maximum absolute atomic E-state index is 11.6. The second-order valence-corrected chi connectivity index (χ2v) is 4.31. The molecule has 2 N–H and O–H groups in total. The van der Waals surface area contributed by atoms with Gasteiger partial charge in [-0.3, -0.25) is 9.48 Å². The summed E-state index contributed by atoms with van der Waals surface area (Å²) in [5.74, 6) is -0.00831. The molecule has 1 amide bonds. The number of aryl methyl sites for hydroxylation is 1. The Hall–Kier alpha value is -2.14. The van der Waals surface area contributed by atoms with Gasteiger partial charge in [-0.2, -0.15) is 5.10 Å². The van der Waals surface area contributed by atoms with Gasteiger partial charge < -0.3 is 10.6 Å². The fraction of sp³-hybridized carbons (Fsp3) is 0.286. The van der Waals surface area contributed by atoms with Gasteiger partial charge in [-0.25, -0.2) is 0 Å². The minimum Gasteiger partial charge on any atom is -0.351 e. The molecule has 1 heterocycles. The first-order valence-corrected chi connectivity index (χ1v) is 6.24. The van der Waals surface area contributed by atoms with E-state index in [4.69, 9.17) is 0 Å². The van der Waals surface area contributed by atoms with E-state index in [0.29, 0.717) is 19.6 Å². The SMILES string of the molecule is Cn1nccc1CNCC(=O)NCc1ccccc1. The number of rotatable bonds is 6. The molecule has 0 saturated heterocycles. The molecule has 1 aromatic heterocycles. The summed E-state index contributed by atoms with van der Waals surface area (Å²) in [6, 6.07) is 11.8. The number of carbonyl (C=O) groups excluding carboxylic acids is 1. The van der Waals surface area contributed by atoms with Crippen molar-refractivity contribution in [3.05, 3.63) is 53.9 Å². The van der Waals surface area contributed by atoms with Gasteiger partial charge in [-0.1, -0.05) is 30.3 Å². The Morgan fingerprint density at radius 3 is 2.68 bits per heavy atom. The van der Waals surface area contributed by atoms with Gasteiger partial charge in [0.05, 0.1) is 12.2 Å². The van der Waals surface area contributed by atoms with Gasteiger partial charge in [-0.15, -0.1) is 0 Å². The van der Waals surface area contributed by atoms with E-state index in [0.717, 1.165) is 11.3 Å². The van der Waals surface area contributed by atoms with Crippen LogP contribution >= 0.6 is 0 Å². The third kappa shape index (κ3) is 4.22. The molecule has 0 atom stereocenters. The van der Waals surface area contributed by atoms with Crippen LogP contribution in [0.25, 0.3) is 0 Å². The average Bonchev–Trinajstić information content (AvgIpc) is 2.83. The minimum absolute atomic E-state index is 0.00831. The lowest BCUT2D eigenvalue weighted by Crippen LogP contribution is -2.33. The number of carbonyl (C=O) groups is 1. The Morgan fingerprint density at radius 2 is 2.00 bits per heavy atom. The van der Waals surface area contributed by atoms with Gasteiger partial charge in [0.25, 0.3) is 0 Å². The van der Waals surface area contributed by atoms with E-state index in [1.54, 1.807) is 10.9 Å². The molecule has 2 rings (SSSR count). The highest BCUT2D eigenvalue weighted by Gasteiger charge is 2.02. The van der Waals surface area contributed by atoms with Crippen molar-refractivity contribution in [2.45, 2.75) is 13.1 Å². The molecule has 2 aromatic rings. The zero-order valence-electron chi connectivity index (χ0n) is 11.0. The van der Waals surface area contributed by atoms with Crippen molar-refractivity contribution in [2.24, 2.45) is 7.05 Å². The van der Waals surface area contributed by atoms with Crippen LogP contribution in [-0.4, -0.2) is 22.2 Å². The second kappa shape index (κ2) is 6.70. The molecule has 0 aliphatic rings. The summed E-state index contributed by atoms with van der Waals surface area (Å²) < 4.78 is 1.79. The van der Waals surface area contributed by atoms with Crippen LogP contribution in [0.15, 0.2) is 42.6 Å². The van der Waals surface area contributed by atoms with Crippen molar-refractivity contribution in [2.75, 3.05) is 6.54 Å². The molecular formula is C14H18N4O. The number of aromatic nitrogens is 2. The highest BCUT2D eigenvalue weighted by atomic mass is 16.1. The first-order chi connectivity index (χ1) is 9.25.